The van der Waals surface area contributed by atoms with Crippen LogP contribution in [-0.4, -0.2) is 29.4 Å². The molecule has 0 aliphatic carbocycles. The van der Waals surface area contributed by atoms with E-state index in [-0.39, 0.29) is 5.91 Å². The summed E-state index contributed by atoms with van der Waals surface area (Å²) in [6, 6.07) is 21.5. The monoisotopic (exact) mass is 375 g/mol. The summed E-state index contributed by atoms with van der Waals surface area (Å²) in [5.74, 6) is 1.56. The molecule has 3 rings (SSSR count). The highest BCUT2D eigenvalue weighted by Crippen LogP contribution is 2.14. The highest BCUT2D eigenvalue weighted by atomic mass is 16.5. The largest absolute Gasteiger partial charge is 0.497 e. The van der Waals surface area contributed by atoms with Gasteiger partial charge in [0.2, 0.25) is 0 Å². The molecule has 1 amide bonds. The first-order chi connectivity index (χ1) is 13.7. The standard InChI is InChI=1S/C23H25N3O2/c1-3-26(17-19-7-5-4-6-8-19)23(27)20-11-14-22(25-16-20)24-15-18-9-12-21(28-2)13-10-18/h4-14,16H,3,15,17H2,1-2H3,(H,24,25). The Morgan fingerprint density at radius 1 is 1.00 bits per heavy atom. The molecule has 0 fully saturated rings. The zero-order chi connectivity index (χ0) is 19.8. The lowest BCUT2D eigenvalue weighted by molar-refractivity contribution is 0.0752. The summed E-state index contributed by atoms with van der Waals surface area (Å²) in [4.78, 5) is 19.0. The maximum absolute atomic E-state index is 12.8. The molecule has 0 aliphatic rings. The lowest BCUT2D eigenvalue weighted by atomic mass is 10.2. The molecule has 5 nitrogen and oxygen atoms in total. The number of ether oxygens (including phenoxy) is 1. The fourth-order valence-electron chi connectivity index (χ4n) is 2.87. The number of hydrogen-bond acceptors (Lipinski definition) is 4. The van der Waals surface area contributed by atoms with Crippen LogP contribution in [0.1, 0.15) is 28.4 Å². The van der Waals surface area contributed by atoms with Gasteiger partial charge in [-0.15, -0.1) is 0 Å². The molecule has 0 spiro atoms. The van der Waals surface area contributed by atoms with E-state index in [0.29, 0.717) is 25.2 Å². The van der Waals surface area contributed by atoms with E-state index < -0.39 is 0 Å². The molecule has 28 heavy (non-hydrogen) atoms. The number of benzene rings is 2. The van der Waals surface area contributed by atoms with Crippen LogP contribution in [0.15, 0.2) is 72.9 Å². The Kier molecular flexibility index (Phi) is 6.63. The van der Waals surface area contributed by atoms with E-state index in [1.807, 2.05) is 78.6 Å². The van der Waals surface area contributed by atoms with Crippen molar-refractivity contribution in [3.63, 3.8) is 0 Å². The van der Waals surface area contributed by atoms with Crippen molar-refractivity contribution in [3.8, 4) is 5.75 Å². The first kappa shape index (κ1) is 19.4. The molecule has 0 saturated carbocycles. The fraction of sp³-hybridized carbons (Fsp3) is 0.217. The van der Waals surface area contributed by atoms with E-state index >= 15 is 0 Å². The smallest absolute Gasteiger partial charge is 0.255 e. The Balaban J connectivity index is 1.59. The lowest BCUT2D eigenvalue weighted by Gasteiger charge is -2.21. The molecular weight excluding hydrogens is 350 g/mol. The van der Waals surface area contributed by atoms with Crippen LogP contribution in [0.3, 0.4) is 0 Å². The van der Waals surface area contributed by atoms with Crippen LogP contribution in [0, 0.1) is 0 Å². The van der Waals surface area contributed by atoms with Gasteiger partial charge in [-0.25, -0.2) is 4.98 Å². The predicted molar refractivity (Wildman–Crippen MR) is 111 cm³/mol. The van der Waals surface area contributed by atoms with Crippen molar-refractivity contribution < 1.29 is 9.53 Å². The summed E-state index contributed by atoms with van der Waals surface area (Å²) in [5, 5.41) is 3.27. The van der Waals surface area contributed by atoms with Crippen LogP contribution in [0.2, 0.25) is 0 Å². The molecule has 3 aromatic rings. The van der Waals surface area contributed by atoms with Gasteiger partial charge in [0.1, 0.15) is 11.6 Å². The zero-order valence-electron chi connectivity index (χ0n) is 16.3. The van der Waals surface area contributed by atoms with Gasteiger partial charge in [0.15, 0.2) is 0 Å². The normalized spacial score (nSPS) is 10.4. The van der Waals surface area contributed by atoms with Crippen molar-refractivity contribution >= 4 is 11.7 Å². The van der Waals surface area contributed by atoms with Gasteiger partial charge in [0.05, 0.1) is 12.7 Å². The average molecular weight is 375 g/mol. The van der Waals surface area contributed by atoms with Crippen LogP contribution in [-0.2, 0) is 13.1 Å². The van der Waals surface area contributed by atoms with E-state index in [4.69, 9.17) is 4.74 Å². The number of carbonyl (C=O) groups is 1. The Labute approximate surface area is 166 Å². The summed E-state index contributed by atoms with van der Waals surface area (Å²) in [6.07, 6.45) is 1.63. The SMILES string of the molecule is CCN(Cc1ccccc1)C(=O)c1ccc(NCc2ccc(OC)cc2)nc1. The number of carbonyl (C=O) groups excluding carboxylic acids is 1. The summed E-state index contributed by atoms with van der Waals surface area (Å²) in [7, 11) is 1.65. The van der Waals surface area contributed by atoms with Gasteiger partial charge in [-0.3, -0.25) is 4.79 Å². The van der Waals surface area contributed by atoms with Gasteiger partial charge in [-0.1, -0.05) is 42.5 Å². The molecule has 1 aromatic heterocycles. The Morgan fingerprint density at radius 3 is 2.36 bits per heavy atom. The first-order valence-electron chi connectivity index (χ1n) is 9.35. The zero-order valence-corrected chi connectivity index (χ0v) is 16.3. The number of anilines is 1. The molecule has 0 aliphatic heterocycles. The Morgan fingerprint density at radius 2 is 1.75 bits per heavy atom. The number of hydrogen-bond donors (Lipinski definition) is 1. The topological polar surface area (TPSA) is 54.5 Å². The van der Waals surface area contributed by atoms with Gasteiger partial charge in [0.25, 0.3) is 5.91 Å². The third-order valence-corrected chi connectivity index (χ3v) is 4.53. The molecule has 0 unspecified atom stereocenters. The summed E-state index contributed by atoms with van der Waals surface area (Å²) in [6.45, 7) is 3.87. The molecule has 0 radical (unpaired) electrons. The number of nitrogens with zero attached hydrogens (tertiary/aromatic N) is 2. The van der Waals surface area contributed by atoms with Crippen LogP contribution >= 0.6 is 0 Å². The van der Waals surface area contributed by atoms with E-state index in [0.717, 1.165) is 22.7 Å². The van der Waals surface area contributed by atoms with Gasteiger partial charge in [0, 0.05) is 25.8 Å². The van der Waals surface area contributed by atoms with Gasteiger partial charge in [-0.05, 0) is 42.3 Å². The number of amides is 1. The van der Waals surface area contributed by atoms with E-state index in [9.17, 15) is 4.79 Å². The van der Waals surface area contributed by atoms with Gasteiger partial charge in [-0.2, -0.15) is 0 Å². The second-order valence-electron chi connectivity index (χ2n) is 6.44. The quantitative estimate of drug-likeness (QED) is 0.635. The molecule has 2 aromatic carbocycles. The number of rotatable bonds is 8. The fourth-order valence-corrected chi connectivity index (χ4v) is 2.87. The Hall–Kier alpha value is -3.34. The molecule has 0 bridgehead atoms. The highest BCUT2D eigenvalue weighted by Gasteiger charge is 2.15. The van der Waals surface area contributed by atoms with Crippen LogP contribution in [0.4, 0.5) is 5.82 Å². The van der Waals surface area contributed by atoms with E-state index in [2.05, 4.69) is 10.3 Å². The summed E-state index contributed by atoms with van der Waals surface area (Å²) < 4.78 is 5.16. The number of aromatic nitrogens is 1. The second kappa shape index (κ2) is 9.55. The minimum atomic E-state index is -0.0134. The average Bonchev–Trinajstić information content (AvgIpc) is 2.77. The molecule has 1 N–H and O–H groups in total. The third-order valence-electron chi connectivity index (χ3n) is 4.53. The lowest BCUT2D eigenvalue weighted by Crippen LogP contribution is -2.30. The molecule has 144 valence electrons. The second-order valence-corrected chi connectivity index (χ2v) is 6.44. The van der Waals surface area contributed by atoms with Crippen molar-refractivity contribution in [2.45, 2.75) is 20.0 Å². The van der Waals surface area contributed by atoms with Crippen molar-refractivity contribution in [2.75, 3.05) is 19.0 Å². The number of pyridine rings is 1. The maximum Gasteiger partial charge on any atom is 0.255 e. The van der Waals surface area contributed by atoms with Gasteiger partial charge >= 0.3 is 0 Å². The number of nitrogens with one attached hydrogen (secondary N) is 1. The summed E-state index contributed by atoms with van der Waals surface area (Å²) >= 11 is 0. The molecule has 5 heteroatoms. The molecular formula is C23H25N3O2. The summed E-state index contributed by atoms with van der Waals surface area (Å²) in [5.41, 5.74) is 2.83. The first-order valence-corrected chi connectivity index (χ1v) is 9.35. The van der Waals surface area contributed by atoms with E-state index in [1.165, 1.54) is 0 Å². The van der Waals surface area contributed by atoms with Crippen LogP contribution < -0.4 is 10.1 Å². The minimum absolute atomic E-state index is 0.0134. The van der Waals surface area contributed by atoms with Crippen molar-refractivity contribution in [1.82, 2.24) is 9.88 Å². The Bertz CT molecular complexity index is 878. The van der Waals surface area contributed by atoms with Crippen molar-refractivity contribution in [3.05, 3.63) is 89.6 Å². The van der Waals surface area contributed by atoms with Gasteiger partial charge < -0.3 is 15.0 Å². The van der Waals surface area contributed by atoms with Crippen molar-refractivity contribution in [2.24, 2.45) is 0 Å². The highest BCUT2D eigenvalue weighted by molar-refractivity contribution is 5.94. The predicted octanol–water partition coefficient (Wildman–Crippen LogP) is 4.36. The van der Waals surface area contributed by atoms with Crippen LogP contribution in [0.5, 0.6) is 5.75 Å². The molecule has 1 heterocycles. The number of methoxy groups -OCH3 is 1. The maximum atomic E-state index is 12.8. The van der Waals surface area contributed by atoms with E-state index in [1.54, 1.807) is 13.3 Å². The third kappa shape index (κ3) is 5.10. The van der Waals surface area contributed by atoms with Crippen LogP contribution in [0.25, 0.3) is 0 Å². The molecule has 0 saturated heterocycles. The minimum Gasteiger partial charge on any atom is -0.497 e. The van der Waals surface area contributed by atoms with Crippen molar-refractivity contribution in [1.29, 1.82) is 0 Å². The molecule has 0 atom stereocenters.